The Balaban J connectivity index is 1.89. The largest absolute Gasteiger partial charge is 0.469 e. The third kappa shape index (κ3) is 2.64. The molecule has 2 aliphatic rings. The van der Waals surface area contributed by atoms with Gasteiger partial charge < -0.3 is 14.6 Å². The number of hydrogen-bond donors (Lipinski definition) is 1. The molecule has 0 spiro atoms. The topological polar surface area (TPSA) is 85.7 Å². The van der Waals surface area contributed by atoms with Crippen LogP contribution in [-0.2, 0) is 25.5 Å². The number of ketones is 1. The number of Topliss-reactive ketones (excluding diaryl/α,β-unsaturated/α-hetero) is 1. The number of benzene rings is 2. The van der Waals surface area contributed by atoms with E-state index in [1.165, 1.54) is 7.11 Å². The lowest BCUT2D eigenvalue weighted by atomic mass is 9.75. The van der Waals surface area contributed by atoms with Crippen molar-refractivity contribution < 1.29 is 24.2 Å². The van der Waals surface area contributed by atoms with Gasteiger partial charge in [0, 0.05) is 15.7 Å². The number of rotatable bonds is 3. The normalized spacial score (nSPS) is 28.1. The third-order valence-corrected chi connectivity index (χ3v) is 6.99. The van der Waals surface area contributed by atoms with Crippen molar-refractivity contribution in [3.05, 3.63) is 93.6 Å². The predicted octanol–water partition coefficient (Wildman–Crippen LogP) is 3.78. The van der Waals surface area contributed by atoms with E-state index in [0.717, 1.165) is 4.47 Å². The number of aryl methyl sites for hydroxylation is 1. The van der Waals surface area contributed by atoms with Crippen molar-refractivity contribution in [1.82, 2.24) is 4.98 Å². The Morgan fingerprint density at radius 2 is 1.78 bits per heavy atom. The number of ether oxygens (including phenoxy) is 2. The fourth-order valence-electron chi connectivity index (χ4n) is 5.08. The van der Waals surface area contributed by atoms with Crippen molar-refractivity contribution in [3.63, 3.8) is 0 Å². The van der Waals surface area contributed by atoms with Crippen molar-refractivity contribution in [2.45, 2.75) is 24.0 Å². The number of esters is 1. The van der Waals surface area contributed by atoms with Crippen LogP contribution in [0.2, 0.25) is 0 Å². The fraction of sp³-hybridized carbons (Fsp3) is 0.240. The molecule has 32 heavy (non-hydrogen) atoms. The molecule has 1 fully saturated rings. The van der Waals surface area contributed by atoms with Gasteiger partial charge in [0.15, 0.2) is 5.60 Å². The Labute approximate surface area is 193 Å². The van der Waals surface area contributed by atoms with Crippen LogP contribution < -0.4 is 4.74 Å². The smallest absolute Gasteiger partial charge is 0.313 e. The van der Waals surface area contributed by atoms with Crippen LogP contribution in [0.1, 0.15) is 28.3 Å². The molecule has 162 valence electrons. The van der Waals surface area contributed by atoms with E-state index >= 15 is 0 Å². The molecule has 2 bridgehead atoms. The summed E-state index contributed by atoms with van der Waals surface area (Å²) in [6, 6.07) is 19.6. The maximum Gasteiger partial charge on any atom is 0.313 e. The molecule has 1 aliphatic heterocycles. The standard InChI is InChI=1S/C25H20BrNO5/c1-14-8-13-18-21(27-14)32-25(16-9-11-17(26)12-10-16)19(15-6-4-3-5-7-15)20(22(28)31-2)24(18,30)23(25)29/h3-13,19-20,30H,1-2H3/t19?,20-,24-,25+/m0/s1. The molecule has 1 unspecified atom stereocenters. The molecule has 2 heterocycles. The van der Waals surface area contributed by atoms with E-state index in [-0.39, 0.29) is 11.4 Å². The van der Waals surface area contributed by atoms with E-state index < -0.39 is 34.8 Å². The Kier molecular flexibility index (Phi) is 4.72. The number of carbonyl (C=O) groups is 2. The SMILES string of the molecule is COC(=O)[C@@H]1C(c2ccccc2)[C@@]2(c3ccc(Br)cc3)Oc3nc(C)ccc3[C@@]1(O)C2=O. The van der Waals surface area contributed by atoms with Gasteiger partial charge in [0.2, 0.25) is 17.3 Å². The van der Waals surface area contributed by atoms with Gasteiger partial charge in [-0.15, -0.1) is 0 Å². The minimum Gasteiger partial charge on any atom is -0.469 e. The summed E-state index contributed by atoms with van der Waals surface area (Å²) < 4.78 is 12.4. The molecule has 0 amide bonds. The highest BCUT2D eigenvalue weighted by atomic mass is 79.9. The van der Waals surface area contributed by atoms with Crippen LogP contribution in [0.25, 0.3) is 0 Å². The van der Waals surface area contributed by atoms with Gasteiger partial charge >= 0.3 is 5.97 Å². The zero-order valence-corrected chi connectivity index (χ0v) is 19.0. The third-order valence-electron chi connectivity index (χ3n) is 6.46. The summed E-state index contributed by atoms with van der Waals surface area (Å²) in [4.78, 5) is 31.8. The molecule has 1 aromatic heterocycles. The van der Waals surface area contributed by atoms with Crippen LogP contribution >= 0.6 is 15.9 Å². The Morgan fingerprint density at radius 1 is 1.09 bits per heavy atom. The summed E-state index contributed by atoms with van der Waals surface area (Å²) in [7, 11) is 1.25. The molecule has 2 aromatic carbocycles. The summed E-state index contributed by atoms with van der Waals surface area (Å²) in [5.41, 5.74) is -1.77. The highest BCUT2D eigenvalue weighted by Crippen LogP contribution is 2.64. The Bertz CT molecular complexity index is 1230. The van der Waals surface area contributed by atoms with Gasteiger partial charge in [-0.1, -0.05) is 58.4 Å². The minimum atomic E-state index is -2.16. The van der Waals surface area contributed by atoms with Crippen molar-refractivity contribution in [2.24, 2.45) is 5.92 Å². The van der Waals surface area contributed by atoms with Crippen molar-refractivity contribution >= 4 is 27.7 Å². The van der Waals surface area contributed by atoms with Crippen LogP contribution in [0.5, 0.6) is 5.88 Å². The first-order valence-corrected chi connectivity index (χ1v) is 11.0. The van der Waals surface area contributed by atoms with Crippen LogP contribution in [0.3, 0.4) is 0 Å². The van der Waals surface area contributed by atoms with Gasteiger partial charge in [0.25, 0.3) is 0 Å². The van der Waals surface area contributed by atoms with E-state index in [4.69, 9.17) is 9.47 Å². The summed E-state index contributed by atoms with van der Waals surface area (Å²) in [5.74, 6) is -3.22. The predicted molar refractivity (Wildman–Crippen MR) is 119 cm³/mol. The Morgan fingerprint density at radius 3 is 2.44 bits per heavy atom. The van der Waals surface area contributed by atoms with Gasteiger partial charge in [0.1, 0.15) is 5.92 Å². The molecule has 7 heteroatoms. The lowest BCUT2D eigenvalue weighted by molar-refractivity contribution is -0.162. The first-order valence-electron chi connectivity index (χ1n) is 10.2. The molecular formula is C25H20BrNO5. The average Bonchev–Trinajstić information content (AvgIpc) is 2.93. The zero-order valence-electron chi connectivity index (χ0n) is 17.4. The summed E-state index contributed by atoms with van der Waals surface area (Å²) in [5, 5.41) is 12.0. The first-order chi connectivity index (χ1) is 15.3. The zero-order chi connectivity index (χ0) is 22.7. The first kappa shape index (κ1) is 20.8. The number of hydrogen-bond acceptors (Lipinski definition) is 6. The molecule has 3 aromatic rings. The number of nitrogens with zero attached hydrogens (tertiary/aromatic N) is 1. The van der Waals surface area contributed by atoms with E-state index in [0.29, 0.717) is 16.8 Å². The molecule has 0 saturated heterocycles. The second-order valence-electron chi connectivity index (χ2n) is 8.13. The van der Waals surface area contributed by atoms with Crippen LogP contribution in [0.4, 0.5) is 0 Å². The Hall–Kier alpha value is -3.03. The molecule has 6 nitrogen and oxygen atoms in total. The monoisotopic (exact) mass is 493 g/mol. The highest BCUT2D eigenvalue weighted by molar-refractivity contribution is 9.10. The van der Waals surface area contributed by atoms with Gasteiger partial charge in [-0.2, -0.15) is 0 Å². The van der Waals surface area contributed by atoms with Crippen LogP contribution in [-0.4, -0.2) is 29.0 Å². The molecular weight excluding hydrogens is 474 g/mol. The van der Waals surface area contributed by atoms with Crippen LogP contribution in [0, 0.1) is 12.8 Å². The quantitative estimate of drug-likeness (QED) is 0.558. The van der Waals surface area contributed by atoms with Crippen molar-refractivity contribution in [1.29, 1.82) is 0 Å². The molecule has 1 saturated carbocycles. The number of carbonyl (C=O) groups excluding carboxylic acids is 2. The summed E-state index contributed by atoms with van der Waals surface area (Å²) >= 11 is 3.43. The van der Waals surface area contributed by atoms with Gasteiger partial charge in [-0.05, 0) is 36.8 Å². The number of halogens is 1. The fourth-order valence-corrected chi connectivity index (χ4v) is 5.35. The second kappa shape index (κ2) is 7.25. The van der Waals surface area contributed by atoms with E-state index in [9.17, 15) is 14.7 Å². The van der Waals surface area contributed by atoms with Crippen LogP contribution in [0.15, 0.2) is 71.2 Å². The van der Waals surface area contributed by atoms with E-state index in [2.05, 4.69) is 20.9 Å². The minimum absolute atomic E-state index is 0.141. The van der Waals surface area contributed by atoms with Crippen molar-refractivity contribution in [3.8, 4) is 5.88 Å². The van der Waals surface area contributed by atoms with Gasteiger partial charge in [-0.3, -0.25) is 9.59 Å². The van der Waals surface area contributed by atoms with Crippen molar-refractivity contribution in [2.75, 3.05) is 7.11 Å². The molecule has 5 rings (SSSR count). The number of aliphatic hydroxyl groups is 1. The van der Waals surface area contributed by atoms with Gasteiger partial charge in [-0.25, -0.2) is 4.98 Å². The maximum atomic E-state index is 14.2. The lowest BCUT2D eigenvalue weighted by Crippen LogP contribution is -2.51. The second-order valence-corrected chi connectivity index (χ2v) is 9.05. The number of pyridine rings is 1. The number of fused-ring (bicyclic) bond motifs is 4. The summed E-state index contributed by atoms with van der Waals surface area (Å²) in [6.07, 6.45) is 0. The average molecular weight is 494 g/mol. The van der Waals surface area contributed by atoms with E-state index in [1.807, 2.05) is 30.3 Å². The molecule has 1 aliphatic carbocycles. The molecule has 1 N–H and O–H groups in total. The number of methoxy groups -OCH3 is 1. The number of aromatic nitrogens is 1. The lowest BCUT2D eigenvalue weighted by Gasteiger charge is -2.38. The van der Waals surface area contributed by atoms with Gasteiger partial charge in [0.05, 0.1) is 18.6 Å². The summed E-state index contributed by atoms with van der Waals surface area (Å²) in [6.45, 7) is 1.80. The highest BCUT2D eigenvalue weighted by Gasteiger charge is 2.76. The van der Waals surface area contributed by atoms with E-state index in [1.54, 1.807) is 43.3 Å². The molecule has 4 atom stereocenters. The molecule has 0 radical (unpaired) electrons. The maximum absolute atomic E-state index is 14.2.